The van der Waals surface area contributed by atoms with Crippen LogP contribution in [-0.2, 0) is 12.8 Å². The van der Waals surface area contributed by atoms with Crippen molar-refractivity contribution in [3.05, 3.63) is 65.9 Å². The second-order valence-electron chi connectivity index (χ2n) is 5.85. The zero-order chi connectivity index (χ0) is 18.2. The van der Waals surface area contributed by atoms with E-state index in [4.69, 9.17) is 0 Å². The van der Waals surface area contributed by atoms with Crippen molar-refractivity contribution < 1.29 is 10.2 Å². The molecule has 134 valence electrons. The van der Waals surface area contributed by atoms with Gasteiger partial charge in [-0.3, -0.25) is 0 Å². The van der Waals surface area contributed by atoms with Crippen LogP contribution in [0.15, 0.2) is 54.7 Å². The molecule has 3 rings (SSSR count). The minimum absolute atomic E-state index is 0.264. The number of aromatic hydroxyl groups is 2. The van der Waals surface area contributed by atoms with Crippen molar-refractivity contribution in [1.29, 1.82) is 0 Å². The summed E-state index contributed by atoms with van der Waals surface area (Å²) in [5, 5.41) is 32.9. The maximum Gasteiger partial charge on any atom is 0.244 e. The first-order valence-corrected chi connectivity index (χ1v) is 8.42. The molecule has 0 spiro atoms. The molecule has 4 N–H and O–H groups in total. The van der Waals surface area contributed by atoms with Gasteiger partial charge in [0.05, 0.1) is 6.20 Å². The van der Waals surface area contributed by atoms with Gasteiger partial charge in [0.25, 0.3) is 0 Å². The van der Waals surface area contributed by atoms with Crippen molar-refractivity contribution >= 4 is 11.8 Å². The normalized spacial score (nSPS) is 10.5. The first-order valence-electron chi connectivity index (χ1n) is 8.42. The number of phenolic OH excluding ortho intramolecular Hbond substituents is 2. The second kappa shape index (κ2) is 8.66. The highest BCUT2D eigenvalue weighted by Crippen LogP contribution is 2.12. The molecule has 26 heavy (non-hydrogen) atoms. The zero-order valence-electron chi connectivity index (χ0n) is 14.3. The highest BCUT2D eigenvalue weighted by Gasteiger charge is 2.01. The summed E-state index contributed by atoms with van der Waals surface area (Å²) in [5.41, 5.74) is 2.25. The lowest BCUT2D eigenvalue weighted by Crippen LogP contribution is -2.12. The standard InChI is InChI=1S/C19H21N5O2/c25-16-5-1-14(2-6-16)9-11-20-18-13-22-24-19(23-18)21-12-10-15-3-7-17(26)8-4-15/h1-8,13,25-26H,9-12H2,(H2,20,21,23,24). The molecule has 3 aromatic rings. The van der Waals surface area contributed by atoms with Crippen LogP contribution >= 0.6 is 0 Å². The fraction of sp³-hybridized carbons (Fsp3) is 0.211. The number of nitrogens with one attached hydrogen (secondary N) is 2. The quantitative estimate of drug-likeness (QED) is 0.494. The van der Waals surface area contributed by atoms with Crippen LogP contribution < -0.4 is 10.6 Å². The molecule has 0 aliphatic heterocycles. The minimum Gasteiger partial charge on any atom is -0.508 e. The summed E-state index contributed by atoms with van der Waals surface area (Å²) >= 11 is 0. The summed E-state index contributed by atoms with van der Waals surface area (Å²) in [5.74, 6) is 1.66. The highest BCUT2D eigenvalue weighted by molar-refractivity contribution is 5.37. The van der Waals surface area contributed by atoms with Gasteiger partial charge in [-0.15, -0.1) is 5.10 Å². The summed E-state index contributed by atoms with van der Waals surface area (Å²) < 4.78 is 0. The van der Waals surface area contributed by atoms with E-state index in [2.05, 4.69) is 25.8 Å². The van der Waals surface area contributed by atoms with Crippen molar-refractivity contribution in [3.8, 4) is 11.5 Å². The number of nitrogens with zero attached hydrogens (tertiary/aromatic N) is 3. The lowest BCUT2D eigenvalue weighted by molar-refractivity contribution is 0.474. The number of hydrogen-bond acceptors (Lipinski definition) is 7. The van der Waals surface area contributed by atoms with Crippen LogP contribution in [0.2, 0.25) is 0 Å². The molecule has 0 radical (unpaired) electrons. The molecule has 0 bridgehead atoms. The van der Waals surface area contributed by atoms with E-state index in [1.54, 1.807) is 30.5 Å². The number of aromatic nitrogens is 3. The molecule has 1 aromatic heterocycles. The fourth-order valence-electron chi connectivity index (χ4n) is 2.44. The smallest absolute Gasteiger partial charge is 0.244 e. The maximum atomic E-state index is 9.29. The van der Waals surface area contributed by atoms with Crippen LogP contribution in [0.1, 0.15) is 11.1 Å². The van der Waals surface area contributed by atoms with Gasteiger partial charge in [-0.05, 0) is 48.2 Å². The average Bonchev–Trinajstić information content (AvgIpc) is 2.65. The van der Waals surface area contributed by atoms with Gasteiger partial charge >= 0.3 is 0 Å². The molecule has 0 aliphatic rings. The fourth-order valence-corrected chi connectivity index (χ4v) is 2.44. The Bertz CT molecular complexity index is 755. The van der Waals surface area contributed by atoms with E-state index in [1.165, 1.54) is 0 Å². The van der Waals surface area contributed by atoms with E-state index in [1.807, 2.05) is 24.3 Å². The summed E-state index contributed by atoms with van der Waals surface area (Å²) in [7, 11) is 0. The van der Waals surface area contributed by atoms with E-state index in [-0.39, 0.29) is 11.5 Å². The van der Waals surface area contributed by atoms with Gasteiger partial charge in [-0.1, -0.05) is 24.3 Å². The van der Waals surface area contributed by atoms with Gasteiger partial charge in [0.15, 0.2) is 5.82 Å². The molecular formula is C19H21N5O2. The first-order chi connectivity index (χ1) is 12.7. The maximum absolute atomic E-state index is 9.29. The Morgan fingerprint density at radius 2 is 1.27 bits per heavy atom. The van der Waals surface area contributed by atoms with Crippen LogP contribution in [0.4, 0.5) is 11.8 Å². The zero-order valence-corrected chi connectivity index (χ0v) is 14.3. The molecule has 0 aliphatic carbocycles. The van der Waals surface area contributed by atoms with E-state index < -0.39 is 0 Å². The van der Waals surface area contributed by atoms with Crippen LogP contribution in [0.25, 0.3) is 0 Å². The summed E-state index contributed by atoms with van der Waals surface area (Å²) in [6, 6.07) is 14.3. The van der Waals surface area contributed by atoms with Crippen molar-refractivity contribution in [2.45, 2.75) is 12.8 Å². The summed E-state index contributed by atoms with van der Waals surface area (Å²) in [4.78, 5) is 4.39. The van der Waals surface area contributed by atoms with Crippen molar-refractivity contribution in [1.82, 2.24) is 15.2 Å². The largest absolute Gasteiger partial charge is 0.508 e. The summed E-state index contributed by atoms with van der Waals surface area (Å²) in [6.45, 7) is 1.37. The van der Waals surface area contributed by atoms with Gasteiger partial charge < -0.3 is 20.8 Å². The molecule has 0 saturated carbocycles. The molecule has 0 amide bonds. The Balaban J connectivity index is 1.45. The molecular weight excluding hydrogens is 330 g/mol. The highest BCUT2D eigenvalue weighted by atomic mass is 16.3. The number of hydrogen-bond donors (Lipinski definition) is 4. The Hall–Kier alpha value is -3.35. The van der Waals surface area contributed by atoms with Crippen molar-refractivity contribution in [2.75, 3.05) is 23.7 Å². The van der Waals surface area contributed by atoms with Gasteiger partial charge in [-0.25, -0.2) is 0 Å². The Morgan fingerprint density at radius 1 is 0.731 bits per heavy atom. The third-order valence-electron chi connectivity index (χ3n) is 3.85. The third kappa shape index (κ3) is 5.34. The predicted molar refractivity (Wildman–Crippen MR) is 100 cm³/mol. The minimum atomic E-state index is 0.264. The second-order valence-corrected chi connectivity index (χ2v) is 5.85. The molecule has 7 nitrogen and oxygen atoms in total. The molecule has 0 atom stereocenters. The average molecular weight is 351 g/mol. The topological polar surface area (TPSA) is 103 Å². The molecule has 0 fully saturated rings. The molecule has 7 heteroatoms. The molecule has 0 saturated heterocycles. The van der Waals surface area contributed by atoms with Crippen LogP contribution in [0.3, 0.4) is 0 Å². The number of anilines is 2. The van der Waals surface area contributed by atoms with Gasteiger partial charge in [0.2, 0.25) is 5.95 Å². The van der Waals surface area contributed by atoms with Crippen LogP contribution in [0.5, 0.6) is 11.5 Å². The summed E-state index contributed by atoms with van der Waals surface area (Å²) in [6.07, 6.45) is 3.19. The first kappa shape index (κ1) is 17.5. The van der Waals surface area contributed by atoms with Gasteiger partial charge in [-0.2, -0.15) is 10.1 Å². The Morgan fingerprint density at radius 3 is 1.85 bits per heavy atom. The monoisotopic (exact) mass is 351 g/mol. The van der Waals surface area contributed by atoms with Crippen molar-refractivity contribution in [2.24, 2.45) is 0 Å². The molecule has 1 heterocycles. The van der Waals surface area contributed by atoms with Gasteiger partial charge in [0, 0.05) is 13.1 Å². The molecule has 2 aromatic carbocycles. The SMILES string of the molecule is Oc1ccc(CCNc2cnnc(NCCc3ccc(O)cc3)n2)cc1. The molecule has 0 unspecified atom stereocenters. The number of benzene rings is 2. The van der Waals surface area contributed by atoms with E-state index >= 15 is 0 Å². The number of phenols is 2. The lowest BCUT2D eigenvalue weighted by atomic mass is 10.1. The van der Waals surface area contributed by atoms with Crippen LogP contribution in [0, 0.1) is 0 Å². The van der Waals surface area contributed by atoms with E-state index in [0.717, 1.165) is 24.0 Å². The van der Waals surface area contributed by atoms with E-state index in [0.29, 0.717) is 24.9 Å². The van der Waals surface area contributed by atoms with E-state index in [9.17, 15) is 10.2 Å². The predicted octanol–water partition coefficient (Wildman–Crippen LogP) is 2.59. The third-order valence-corrected chi connectivity index (χ3v) is 3.85. The number of rotatable bonds is 8. The Kier molecular flexibility index (Phi) is 5.82. The lowest BCUT2D eigenvalue weighted by Gasteiger charge is -2.08. The van der Waals surface area contributed by atoms with Gasteiger partial charge in [0.1, 0.15) is 11.5 Å². The van der Waals surface area contributed by atoms with Crippen LogP contribution in [-0.4, -0.2) is 38.5 Å². The Labute approximate surface area is 151 Å². The van der Waals surface area contributed by atoms with Crippen molar-refractivity contribution in [3.63, 3.8) is 0 Å².